The van der Waals surface area contributed by atoms with Gasteiger partial charge < -0.3 is 4.90 Å². The van der Waals surface area contributed by atoms with E-state index < -0.39 is 34.8 Å². The molecule has 3 aromatic carbocycles. The van der Waals surface area contributed by atoms with Crippen LogP contribution in [0.1, 0.15) is 0 Å². The van der Waals surface area contributed by atoms with Crippen LogP contribution in [0.5, 0.6) is 0 Å². The molecule has 0 saturated carbocycles. The fourth-order valence-corrected chi connectivity index (χ4v) is 2.52. The van der Waals surface area contributed by atoms with Crippen molar-refractivity contribution in [1.82, 2.24) is 0 Å². The van der Waals surface area contributed by atoms with Crippen LogP contribution >= 0.6 is 12.6 Å². The Hall–Kier alpha value is -2.54. The number of benzene rings is 3. The van der Waals surface area contributed by atoms with Crippen molar-refractivity contribution >= 4 is 29.7 Å². The van der Waals surface area contributed by atoms with E-state index in [9.17, 15) is 22.0 Å². The summed E-state index contributed by atoms with van der Waals surface area (Å²) < 4.78 is 69.3. The number of hydrogen-bond donors (Lipinski definition) is 1. The lowest BCUT2D eigenvalue weighted by Gasteiger charge is -2.26. The highest BCUT2D eigenvalue weighted by Gasteiger charge is 2.30. The predicted molar refractivity (Wildman–Crippen MR) is 88.2 cm³/mol. The van der Waals surface area contributed by atoms with Gasteiger partial charge in [-0.2, -0.15) is 0 Å². The molecular formula is C18H10F5NS. The third kappa shape index (κ3) is 3.07. The molecule has 0 N–H and O–H groups in total. The Kier molecular flexibility index (Phi) is 4.67. The topological polar surface area (TPSA) is 3.24 Å². The summed E-state index contributed by atoms with van der Waals surface area (Å²) in [5, 5.41) is 0. The fourth-order valence-electron chi connectivity index (χ4n) is 2.38. The molecule has 0 heterocycles. The van der Waals surface area contributed by atoms with Crippen molar-refractivity contribution in [2.45, 2.75) is 4.90 Å². The van der Waals surface area contributed by atoms with E-state index in [1.807, 2.05) is 0 Å². The molecule has 0 unspecified atom stereocenters. The van der Waals surface area contributed by atoms with Gasteiger partial charge in [0.2, 0.25) is 5.82 Å². The van der Waals surface area contributed by atoms with Crippen molar-refractivity contribution < 1.29 is 22.0 Å². The van der Waals surface area contributed by atoms with E-state index in [4.69, 9.17) is 0 Å². The molecule has 0 atom stereocenters. The van der Waals surface area contributed by atoms with Gasteiger partial charge in [-0.25, -0.2) is 22.0 Å². The van der Waals surface area contributed by atoms with Crippen LogP contribution in [-0.4, -0.2) is 0 Å². The molecule has 3 aromatic rings. The second-order valence-electron chi connectivity index (χ2n) is 5.11. The maximum absolute atomic E-state index is 14.3. The van der Waals surface area contributed by atoms with Gasteiger partial charge in [0.25, 0.3) is 0 Å². The summed E-state index contributed by atoms with van der Waals surface area (Å²) in [4.78, 5) is 1.54. The van der Waals surface area contributed by atoms with Gasteiger partial charge in [0.05, 0.1) is 0 Å². The minimum absolute atomic E-state index is 0.215. The van der Waals surface area contributed by atoms with E-state index >= 15 is 0 Å². The van der Waals surface area contributed by atoms with Gasteiger partial charge >= 0.3 is 0 Å². The van der Waals surface area contributed by atoms with Gasteiger partial charge in [0.1, 0.15) is 5.69 Å². The second-order valence-corrected chi connectivity index (χ2v) is 5.62. The summed E-state index contributed by atoms with van der Waals surface area (Å²) >= 11 is 4.13. The number of hydrogen-bond acceptors (Lipinski definition) is 2. The van der Waals surface area contributed by atoms with Crippen molar-refractivity contribution in [3.63, 3.8) is 0 Å². The molecule has 0 spiro atoms. The maximum atomic E-state index is 14.3. The zero-order valence-corrected chi connectivity index (χ0v) is 13.4. The first kappa shape index (κ1) is 17.3. The fraction of sp³-hybridized carbons (Fsp3) is 0. The van der Waals surface area contributed by atoms with Crippen molar-refractivity contribution in [2.24, 2.45) is 0 Å². The quantitative estimate of drug-likeness (QED) is 0.252. The highest BCUT2D eigenvalue weighted by molar-refractivity contribution is 7.80. The van der Waals surface area contributed by atoms with Gasteiger partial charge in [-0.3, -0.25) is 0 Å². The monoisotopic (exact) mass is 367 g/mol. The first-order chi connectivity index (χ1) is 11.9. The highest BCUT2D eigenvalue weighted by Crippen LogP contribution is 2.40. The lowest BCUT2D eigenvalue weighted by atomic mass is 10.1. The van der Waals surface area contributed by atoms with E-state index in [1.54, 1.807) is 30.3 Å². The molecule has 3 rings (SSSR count). The van der Waals surface area contributed by atoms with E-state index in [0.717, 1.165) is 4.90 Å². The second kappa shape index (κ2) is 6.76. The van der Waals surface area contributed by atoms with E-state index in [1.165, 1.54) is 24.3 Å². The van der Waals surface area contributed by atoms with E-state index in [0.29, 0.717) is 4.90 Å². The van der Waals surface area contributed by atoms with Crippen LogP contribution < -0.4 is 4.90 Å². The average Bonchev–Trinajstić information content (AvgIpc) is 2.64. The third-order valence-corrected chi connectivity index (χ3v) is 3.83. The van der Waals surface area contributed by atoms with E-state index in [-0.39, 0.29) is 11.4 Å². The molecular weight excluding hydrogens is 357 g/mol. The molecule has 0 amide bonds. The summed E-state index contributed by atoms with van der Waals surface area (Å²) in [5.74, 6) is -10.0. The number of anilines is 3. The van der Waals surface area contributed by atoms with Crippen LogP contribution in [0.25, 0.3) is 0 Å². The number of para-hydroxylation sites is 1. The minimum atomic E-state index is -2.20. The molecule has 128 valence electrons. The van der Waals surface area contributed by atoms with Crippen molar-refractivity contribution in [3.8, 4) is 0 Å². The summed E-state index contributed by atoms with van der Waals surface area (Å²) in [6, 6.07) is 13.8. The number of rotatable bonds is 3. The van der Waals surface area contributed by atoms with Gasteiger partial charge in [0, 0.05) is 16.3 Å². The zero-order chi connectivity index (χ0) is 18.1. The minimum Gasteiger partial charge on any atom is -0.305 e. The van der Waals surface area contributed by atoms with Crippen molar-refractivity contribution in [2.75, 3.05) is 4.90 Å². The predicted octanol–water partition coefficient (Wildman–Crippen LogP) is 6.14. The van der Waals surface area contributed by atoms with Crippen LogP contribution in [-0.2, 0) is 0 Å². The summed E-state index contributed by atoms with van der Waals surface area (Å²) in [7, 11) is 0. The lowest BCUT2D eigenvalue weighted by Crippen LogP contribution is -2.16. The molecule has 0 aliphatic heterocycles. The summed E-state index contributed by atoms with van der Waals surface area (Å²) in [6.07, 6.45) is 0. The van der Waals surface area contributed by atoms with Gasteiger partial charge in [-0.05, 0) is 36.4 Å². The molecule has 25 heavy (non-hydrogen) atoms. The molecule has 0 aromatic heterocycles. The normalized spacial score (nSPS) is 10.8. The SMILES string of the molecule is Fc1c(F)c(F)c(N(c2ccccc2)c2ccc(S)cc2)c(F)c1F. The largest absolute Gasteiger partial charge is 0.305 e. The van der Waals surface area contributed by atoms with Crippen molar-refractivity contribution in [3.05, 3.63) is 83.7 Å². The number of nitrogens with zero attached hydrogens (tertiary/aromatic N) is 1. The van der Waals surface area contributed by atoms with Gasteiger partial charge in [-0.15, -0.1) is 12.6 Å². The van der Waals surface area contributed by atoms with Crippen LogP contribution in [0.3, 0.4) is 0 Å². The lowest BCUT2D eigenvalue weighted by molar-refractivity contribution is 0.380. The van der Waals surface area contributed by atoms with E-state index in [2.05, 4.69) is 12.6 Å². The smallest absolute Gasteiger partial charge is 0.200 e. The first-order valence-electron chi connectivity index (χ1n) is 7.07. The molecule has 0 aliphatic rings. The average molecular weight is 367 g/mol. The zero-order valence-electron chi connectivity index (χ0n) is 12.5. The Bertz CT molecular complexity index is 884. The standard InChI is InChI=1S/C18H10F5NS/c19-13-14(20)16(22)18(17(23)15(13)21)24(10-4-2-1-3-5-10)11-6-8-12(25)9-7-11/h1-9,25H. The van der Waals surface area contributed by atoms with Crippen LogP contribution in [0, 0.1) is 29.1 Å². The van der Waals surface area contributed by atoms with Gasteiger partial charge in [-0.1, -0.05) is 18.2 Å². The molecule has 0 radical (unpaired) electrons. The molecule has 0 saturated heterocycles. The number of halogens is 5. The molecule has 0 bridgehead atoms. The Morgan fingerprint density at radius 3 is 1.52 bits per heavy atom. The molecule has 1 nitrogen and oxygen atoms in total. The van der Waals surface area contributed by atoms with Crippen molar-refractivity contribution in [1.29, 1.82) is 0 Å². The Morgan fingerprint density at radius 2 is 1.00 bits per heavy atom. The molecule has 0 fully saturated rings. The Morgan fingerprint density at radius 1 is 0.560 bits per heavy atom. The van der Waals surface area contributed by atoms with Crippen LogP contribution in [0.2, 0.25) is 0 Å². The summed E-state index contributed by atoms with van der Waals surface area (Å²) in [5.41, 5.74) is -0.598. The highest BCUT2D eigenvalue weighted by atomic mass is 32.1. The van der Waals surface area contributed by atoms with Crippen LogP contribution in [0.4, 0.5) is 39.0 Å². The Balaban J connectivity index is 2.32. The summed E-state index contributed by atoms with van der Waals surface area (Å²) in [6.45, 7) is 0. The maximum Gasteiger partial charge on any atom is 0.200 e. The van der Waals surface area contributed by atoms with Gasteiger partial charge in [0.15, 0.2) is 23.3 Å². The van der Waals surface area contributed by atoms with Crippen LogP contribution in [0.15, 0.2) is 59.5 Å². The third-order valence-electron chi connectivity index (χ3n) is 3.53. The first-order valence-corrected chi connectivity index (χ1v) is 7.52. The number of thiol groups is 1. The Labute approximate surface area is 145 Å². The molecule has 0 aliphatic carbocycles. The molecule has 7 heteroatoms.